The summed E-state index contributed by atoms with van der Waals surface area (Å²) in [6.07, 6.45) is 3.88. The third-order valence-corrected chi connectivity index (χ3v) is 3.20. The third-order valence-electron chi connectivity index (χ3n) is 3.20. The van der Waals surface area contributed by atoms with Crippen LogP contribution in [0.25, 0.3) is 0 Å². The fourth-order valence-corrected chi connectivity index (χ4v) is 2.20. The SMILES string of the molecule is OCCOC1CCN(c2cc(CO)ccn2)CC1. The van der Waals surface area contributed by atoms with Gasteiger partial charge in [0.1, 0.15) is 5.82 Å². The molecule has 1 aromatic rings. The summed E-state index contributed by atoms with van der Waals surface area (Å²) in [7, 11) is 0. The van der Waals surface area contributed by atoms with Crippen molar-refractivity contribution in [2.24, 2.45) is 0 Å². The first-order chi connectivity index (χ1) is 8.83. The van der Waals surface area contributed by atoms with E-state index in [9.17, 15) is 0 Å². The lowest BCUT2D eigenvalue weighted by Gasteiger charge is -2.32. The minimum absolute atomic E-state index is 0.0472. The van der Waals surface area contributed by atoms with Crippen LogP contribution in [-0.2, 0) is 11.3 Å². The van der Waals surface area contributed by atoms with Crippen molar-refractivity contribution in [1.29, 1.82) is 0 Å². The summed E-state index contributed by atoms with van der Waals surface area (Å²) >= 11 is 0. The van der Waals surface area contributed by atoms with Gasteiger partial charge in [0, 0.05) is 19.3 Å². The van der Waals surface area contributed by atoms with Crippen LogP contribution in [0.15, 0.2) is 18.3 Å². The topological polar surface area (TPSA) is 65.8 Å². The second-order valence-corrected chi connectivity index (χ2v) is 4.46. The van der Waals surface area contributed by atoms with Crippen molar-refractivity contribution < 1.29 is 14.9 Å². The van der Waals surface area contributed by atoms with E-state index in [0.717, 1.165) is 37.3 Å². The number of aromatic nitrogens is 1. The molecular weight excluding hydrogens is 232 g/mol. The minimum atomic E-state index is 0.0472. The molecule has 100 valence electrons. The van der Waals surface area contributed by atoms with Crippen LogP contribution in [0.2, 0.25) is 0 Å². The van der Waals surface area contributed by atoms with E-state index < -0.39 is 0 Å². The van der Waals surface area contributed by atoms with E-state index in [-0.39, 0.29) is 19.3 Å². The number of nitrogens with zero attached hydrogens (tertiary/aromatic N) is 2. The van der Waals surface area contributed by atoms with Crippen LogP contribution in [0.3, 0.4) is 0 Å². The van der Waals surface area contributed by atoms with Gasteiger partial charge in [-0.2, -0.15) is 0 Å². The number of anilines is 1. The number of aliphatic hydroxyl groups excluding tert-OH is 2. The summed E-state index contributed by atoms with van der Waals surface area (Å²) in [5.41, 5.74) is 0.888. The number of pyridine rings is 1. The Morgan fingerprint density at radius 2 is 2.11 bits per heavy atom. The molecule has 1 aromatic heterocycles. The van der Waals surface area contributed by atoms with Crippen molar-refractivity contribution in [3.8, 4) is 0 Å². The molecule has 2 rings (SSSR count). The first kappa shape index (κ1) is 13.3. The highest BCUT2D eigenvalue weighted by Crippen LogP contribution is 2.20. The van der Waals surface area contributed by atoms with E-state index >= 15 is 0 Å². The molecule has 0 aromatic carbocycles. The second kappa shape index (κ2) is 6.68. The standard InChI is InChI=1S/C13H20N2O3/c16-7-8-18-12-2-5-15(6-3-12)13-9-11(10-17)1-4-14-13/h1,4,9,12,16-17H,2-3,5-8,10H2. The Hall–Kier alpha value is -1.17. The predicted molar refractivity (Wildman–Crippen MR) is 68.4 cm³/mol. The van der Waals surface area contributed by atoms with E-state index in [4.69, 9.17) is 14.9 Å². The van der Waals surface area contributed by atoms with Gasteiger partial charge in [-0.25, -0.2) is 4.98 Å². The molecule has 1 aliphatic rings. The highest BCUT2D eigenvalue weighted by molar-refractivity contribution is 5.41. The lowest BCUT2D eigenvalue weighted by molar-refractivity contribution is 0.0158. The Morgan fingerprint density at radius 3 is 2.78 bits per heavy atom. The lowest BCUT2D eigenvalue weighted by atomic mass is 10.1. The molecule has 2 heterocycles. The molecule has 0 radical (unpaired) electrons. The number of piperidine rings is 1. The van der Waals surface area contributed by atoms with Crippen LogP contribution in [0.4, 0.5) is 5.82 Å². The molecule has 0 bridgehead atoms. The van der Waals surface area contributed by atoms with Gasteiger partial charge in [0.25, 0.3) is 0 Å². The van der Waals surface area contributed by atoms with E-state index in [1.54, 1.807) is 6.20 Å². The zero-order valence-electron chi connectivity index (χ0n) is 10.5. The lowest BCUT2D eigenvalue weighted by Crippen LogP contribution is -2.37. The third kappa shape index (κ3) is 3.41. The van der Waals surface area contributed by atoms with Gasteiger partial charge in [0.05, 0.1) is 25.9 Å². The smallest absolute Gasteiger partial charge is 0.128 e. The average Bonchev–Trinajstić information content (AvgIpc) is 2.46. The number of ether oxygens (including phenoxy) is 1. The summed E-state index contributed by atoms with van der Waals surface area (Å²) in [5, 5.41) is 17.8. The van der Waals surface area contributed by atoms with Crippen LogP contribution >= 0.6 is 0 Å². The first-order valence-electron chi connectivity index (χ1n) is 6.36. The maximum atomic E-state index is 9.11. The van der Waals surface area contributed by atoms with Gasteiger partial charge in [-0.1, -0.05) is 0 Å². The van der Waals surface area contributed by atoms with E-state index in [1.165, 1.54) is 0 Å². The molecule has 0 atom stereocenters. The molecule has 18 heavy (non-hydrogen) atoms. The van der Waals surface area contributed by atoms with E-state index in [2.05, 4.69) is 9.88 Å². The number of rotatable bonds is 5. The molecule has 5 nitrogen and oxygen atoms in total. The molecule has 0 aliphatic carbocycles. The first-order valence-corrected chi connectivity index (χ1v) is 6.36. The monoisotopic (exact) mass is 252 g/mol. The summed E-state index contributed by atoms with van der Waals surface area (Å²) in [4.78, 5) is 6.54. The maximum absolute atomic E-state index is 9.11. The largest absolute Gasteiger partial charge is 0.394 e. The van der Waals surface area contributed by atoms with Crippen molar-refractivity contribution >= 4 is 5.82 Å². The van der Waals surface area contributed by atoms with Gasteiger partial charge in [-0.05, 0) is 30.5 Å². The van der Waals surface area contributed by atoms with Crippen molar-refractivity contribution in [2.45, 2.75) is 25.6 Å². The Bertz CT molecular complexity index is 365. The number of hydrogen-bond donors (Lipinski definition) is 2. The molecule has 5 heteroatoms. The fourth-order valence-electron chi connectivity index (χ4n) is 2.20. The molecule has 0 saturated carbocycles. The van der Waals surface area contributed by atoms with Crippen molar-refractivity contribution in [3.63, 3.8) is 0 Å². The van der Waals surface area contributed by atoms with Crippen molar-refractivity contribution in [2.75, 3.05) is 31.2 Å². The number of aliphatic hydroxyl groups is 2. The maximum Gasteiger partial charge on any atom is 0.128 e. The van der Waals surface area contributed by atoms with Crippen LogP contribution in [-0.4, -0.2) is 47.6 Å². The van der Waals surface area contributed by atoms with Crippen LogP contribution in [0, 0.1) is 0 Å². The molecule has 2 N–H and O–H groups in total. The van der Waals surface area contributed by atoms with Crippen LogP contribution in [0.1, 0.15) is 18.4 Å². The van der Waals surface area contributed by atoms with E-state index in [0.29, 0.717) is 6.61 Å². The Morgan fingerprint density at radius 1 is 1.33 bits per heavy atom. The summed E-state index contributed by atoms with van der Waals surface area (Å²) in [6, 6.07) is 3.75. The summed E-state index contributed by atoms with van der Waals surface area (Å²) < 4.78 is 5.52. The van der Waals surface area contributed by atoms with Gasteiger partial charge in [0.15, 0.2) is 0 Å². The highest BCUT2D eigenvalue weighted by Gasteiger charge is 2.20. The van der Waals surface area contributed by atoms with Crippen molar-refractivity contribution in [1.82, 2.24) is 4.98 Å². The van der Waals surface area contributed by atoms with Gasteiger partial charge in [-0.15, -0.1) is 0 Å². The fraction of sp³-hybridized carbons (Fsp3) is 0.615. The Balaban J connectivity index is 1.88. The Labute approximate surface area is 107 Å². The van der Waals surface area contributed by atoms with Crippen molar-refractivity contribution in [3.05, 3.63) is 23.9 Å². The molecule has 0 unspecified atom stereocenters. The van der Waals surface area contributed by atoms with Crippen LogP contribution < -0.4 is 4.90 Å². The minimum Gasteiger partial charge on any atom is -0.394 e. The van der Waals surface area contributed by atoms with Crippen LogP contribution in [0.5, 0.6) is 0 Å². The molecular formula is C13H20N2O3. The molecule has 0 spiro atoms. The average molecular weight is 252 g/mol. The van der Waals surface area contributed by atoms with E-state index in [1.807, 2.05) is 12.1 Å². The normalized spacial score (nSPS) is 17.1. The predicted octanol–water partition coefficient (Wildman–Crippen LogP) is 0.552. The molecule has 1 aliphatic heterocycles. The summed E-state index contributed by atoms with van der Waals surface area (Å²) in [5.74, 6) is 0.919. The second-order valence-electron chi connectivity index (χ2n) is 4.46. The zero-order valence-corrected chi connectivity index (χ0v) is 10.5. The van der Waals surface area contributed by atoms with Gasteiger partial charge in [0.2, 0.25) is 0 Å². The van der Waals surface area contributed by atoms with Gasteiger partial charge in [-0.3, -0.25) is 0 Å². The molecule has 1 saturated heterocycles. The Kier molecular flexibility index (Phi) is 4.92. The highest BCUT2D eigenvalue weighted by atomic mass is 16.5. The summed E-state index contributed by atoms with van der Waals surface area (Å²) in [6.45, 7) is 2.35. The van der Waals surface area contributed by atoms with Gasteiger partial charge >= 0.3 is 0 Å². The zero-order chi connectivity index (χ0) is 12.8. The van der Waals surface area contributed by atoms with Gasteiger partial charge < -0.3 is 19.8 Å². The molecule has 1 fully saturated rings. The quantitative estimate of drug-likeness (QED) is 0.801. The number of hydrogen-bond acceptors (Lipinski definition) is 5. The molecule has 0 amide bonds.